The largest absolute Gasteiger partial charge is 0.296 e. The third-order valence-electron chi connectivity index (χ3n) is 9.24. The minimum absolute atomic E-state index is 0.143. The molecule has 0 fully saturated rings. The molecule has 0 aliphatic carbocycles. The summed E-state index contributed by atoms with van der Waals surface area (Å²) in [4.78, 5) is 4.50. The monoisotopic (exact) mass is 605 g/mol. The van der Waals surface area contributed by atoms with Gasteiger partial charge in [-0.25, -0.2) is 4.98 Å². The van der Waals surface area contributed by atoms with Crippen molar-refractivity contribution in [1.29, 1.82) is 0 Å². The summed E-state index contributed by atoms with van der Waals surface area (Å²) in [7, 11) is 0. The Morgan fingerprint density at radius 1 is 0.511 bits per heavy atom. The predicted molar refractivity (Wildman–Crippen MR) is 199 cm³/mol. The Hall–Kier alpha value is -5.99. The van der Waals surface area contributed by atoms with Crippen molar-refractivity contribution >= 4 is 43.4 Å². The highest BCUT2D eigenvalue weighted by atomic mass is 15.1. The van der Waals surface area contributed by atoms with Crippen LogP contribution >= 0.6 is 0 Å². The second-order valence-electron chi connectivity index (χ2n) is 11.9. The lowest BCUT2D eigenvalue weighted by atomic mass is 9.84. The van der Waals surface area contributed by atoms with Crippen LogP contribution in [0, 0.1) is 0 Å². The molecule has 0 saturated heterocycles. The molecule has 0 N–H and O–H groups in total. The first-order valence-corrected chi connectivity index (χ1v) is 15.8. The van der Waals surface area contributed by atoms with Gasteiger partial charge in [0.1, 0.15) is 5.82 Å². The second kappa shape index (κ2) is 11.1. The molecule has 8 aromatic carbocycles. The van der Waals surface area contributed by atoms with Crippen LogP contribution in [-0.4, -0.2) is 9.55 Å². The number of imidazole rings is 1. The average Bonchev–Trinajstić information content (AvgIpc) is 3.57. The fourth-order valence-electron chi connectivity index (χ4n) is 7.11. The first-order chi connectivity index (χ1) is 25.2. The first-order valence-electron chi connectivity index (χ1n) is 18.3. The number of aromatic nitrogens is 2. The molecule has 47 heavy (non-hydrogen) atoms. The standard InChI is InChI=1S/C45H32N2/c1-2-43-46-41-19-11-12-20-42(41)47(43)36-25-23-32-27-35(22-21-33(32)28-36)45-38-18-10-9-17-37(38)44(31-15-7-4-8-16-31)40-29-34(24-26-39(40)45)30-13-5-3-6-14-30/h3-29H,2H2,1H3/i1D3,2D2. The van der Waals surface area contributed by atoms with Crippen molar-refractivity contribution in [2.75, 3.05) is 0 Å². The van der Waals surface area contributed by atoms with E-state index in [0.717, 1.165) is 32.8 Å². The van der Waals surface area contributed by atoms with Gasteiger partial charge in [0, 0.05) is 18.9 Å². The molecule has 1 heterocycles. The van der Waals surface area contributed by atoms with Crippen molar-refractivity contribution in [3.63, 3.8) is 0 Å². The molecule has 0 radical (unpaired) electrons. The number of para-hydroxylation sites is 2. The van der Waals surface area contributed by atoms with Gasteiger partial charge < -0.3 is 0 Å². The molecule has 0 unspecified atom stereocenters. The van der Waals surface area contributed by atoms with E-state index in [1.807, 2.05) is 42.5 Å². The number of aryl methyl sites for hydroxylation is 1. The lowest BCUT2D eigenvalue weighted by molar-refractivity contribution is 0.909. The molecule has 9 rings (SSSR count). The molecule has 0 saturated carbocycles. The fourth-order valence-corrected chi connectivity index (χ4v) is 7.11. The van der Waals surface area contributed by atoms with Crippen LogP contribution in [0.15, 0.2) is 164 Å². The van der Waals surface area contributed by atoms with Crippen molar-refractivity contribution < 1.29 is 6.85 Å². The zero-order valence-electron chi connectivity index (χ0n) is 30.5. The van der Waals surface area contributed by atoms with Gasteiger partial charge in [0.05, 0.1) is 11.0 Å². The number of benzene rings is 8. The Labute approximate surface area is 281 Å². The van der Waals surface area contributed by atoms with Gasteiger partial charge >= 0.3 is 0 Å². The number of nitrogens with zero attached hydrogens (tertiary/aromatic N) is 2. The number of rotatable bonds is 5. The number of fused-ring (bicyclic) bond motifs is 4. The number of hydrogen-bond acceptors (Lipinski definition) is 1. The van der Waals surface area contributed by atoms with Gasteiger partial charge in [0.2, 0.25) is 0 Å². The molecule has 0 aliphatic rings. The predicted octanol–water partition coefficient (Wildman–Crippen LogP) is 12.0. The summed E-state index contributed by atoms with van der Waals surface area (Å²) in [5.74, 6) is -0.143. The summed E-state index contributed by atoms with van der Waals surface area (Å²) < 4.78 is 42.8. The Bertz CT molecular complexity index is 2800. The van der Waals surface area contributed by atoms with Crippen molar-refractivity contribution in [1.82, 2.24) is 9.55 Å². The third kappa shape index (κ3) is 4.53. The van der Waals surface area contributed by atoms with Crippen LogP contribution in [0.1, 0.15) is 19.5 Å². The summed E-state index contributed by atoms with van der Waals surface area (Å²) in [5, 5.41) is 6.64. The molecule has 1 aromatic heterocycles. The van der Waals surface area contributed by atoms with E-state index in [9.17, 15) is 0 Å². The van der Waals surface area contributed by atoms with Gasteiger partial charge in [-0.05, 0) is 102 Å². The second-order valence-corrected chi connectivity index (χ2v) is 11.9. The van der Waals surface area contributed by atoms with E-state index in [2.05, 4.69) is 120 Å². The fraction of sp³-hybridized carbons (Fsp3) is 0.0444. The summed E-state index contributed by atoms with van der Waals surface area (Å²) in [6, 6.07) is 56.2. The minimum Gasteiger partial charge on any atom is -0.296 e. The van der Waals surface area contributed by atoms with Crippen LogP contribution in [0.3, 0.4) is 0 Å². The first kappa shape index (κ1) is 22.5. The molecule has 0 amide bonds. The maximum absolute atomic E-state index is 8.61. The van der Waals surface area contributed by atoms with E-state index in [0.29, 0.717) is 16.7 Å². The van der Waals surface area contributed by atoms with Crippen LogP contribution in [0.2, 0.25) is 0 Å². The molecule has 0 aliphatic heterocycles. The maximum atomic E-state index is 8.61. The molecule has 2 heteroatoms. The Morgan fingerprint density at radius 3 is 1.91 bits per heavy atom. The smallest absolute Gasteiger partial charge is 0.114 e. The van der Waals surface area contributed by atoms with Crippen molar-refractivity contribution in [3.05, 3.63) is 170 Å². The maximum Gasteiger partial charge on any atom is 0.114 e. The van der Waals surface area contributed by atoms with Crippen molar-refractivity contribution in [2.45, 2.75) is 13.2 Å². The van der Waals surface area contributed by atoms with E-state index in [1.54, 1.807) is 10.6 Å². The quantitative estimate of drug-likeness (QED) is 0.178. The van der Waals surface area contributed by atoms with Crippen molar-refractivity contribution in [2.24, 2.45) is 0 Å². The third-order valence-corrected chi connectivity index (χ3v) is 9.24. The molecule has 0 atom stereocenters. The molecule has 9 aromatic rings. The molecular weight excluding hydrogens is 569 g/mol. The lowest BCUT2D eigenvalue weighted by Gasteiger charge is -2.19. The van der Waals surface area contributed by atoms with Gasteiger partial charge in [0.15, 0.2) is 0 Å². The van der Waals surface area contributed by atoms with Gasteiger partial charge in [0.25, 0.3) is 0 Å². The Kier molecular flexibility index (Phi) is 5.32. The SMILES string of the molecule is [2H]C([2H])([2H])C([2H])([2H])c1nc2ccccc2n1-c1ccc2cc(-c3c4ccccc4c(-c4ccccc4)c4cc(-c5ccccc5)ccc34)ccc2c1. The zero-order valence-corrected chi connectivity index (χ0v) is 25.5. The molecule has 222 valence electrons. The molecule has 2 nitrogen and oxygen atoms in total. The van der Waals surface area contributed by atoms with Crippen LogP contribution in [0.25, 0.3) is 82.4 Å². The Morgan fingerprint density at radius 2 is 1.13 bits per heavy atom. The number of hydrogen-bond donors (Lipinski definition) is 0. The molecular formula is C45H32N2. The highest BCUT2D eigenvalue weighted by molar-refractivity contribution is 6.22. The topological polar surface area (TPSA) is 17.8 Å². The van der Waals surface area contributed by atoms with Crippen LogP contribution in [0.5, 0.6) is 0 Å². The van der Waals surface area contributed by atoms with Gasteiger partial charge in [-0.2, -0.15) is 0 Å². The van der Waals surface area contributed by atoms with E-state index >= 15 is 0 Å². The summed E-state index contributed by atoms with van der Waals surface area (Å²) in [6.45, 7) is -2.90. The minimum atomic E-state index is -2.90. The lowest BCUT2D eigenvalue weighted by Crippen LogP contribution is -2.00. The highest BCUT2D eigenvalue weighted by Crippen LogP contribution is 2.45. The van der Waals surface area contributed by atoms with E-state index in [-0.39, 0.29) is 5.82 Å². The summed E-state index contributed by atoms with van der Waals surface area (Å²) >= 11 is 0. The van der Waals surface area contributed by atoms with E-state index in [1.165, 1.54) is 32.8 Å². The van der Waals surface area contributed by atoms with Crippen molar-refractivity contribution in [3.8, 4) is 39.1 Å². The average molecular weight is 606 g/mol. The normalized spacial score (nSPS) is 13.7. The van der Waals surface area contributed by atoms with Gasteiger partial charge in [-0.3, -0.25) is 4.57 Å². The van der Waals surface area contributed by atoms with E-state index in [4.69, 9.17) is 6.85 Å². The van der Waals surface area contributed by atoms with Gasteiger partial charge in [-0.15, -0.1) is 0 Å². The molecule has 0 bridgehead atoms. The van der Waals surface area contributed by atoms with Gasteiger partial charge in [-0.1, -0.05) is 134 Å². The summed E-state index contributed by atoms with van der Waals surface area (Å²) in [5.41, 5.74) is 8.77. The Balaban J connectivity index is 1.26. The highest BCUT2D eigenvalue weighted by Gasteiger charge is 2.18. The zero-order chi connectivity index (χ0) is 35.6. The van der Waals surface area contributed by atoms with Crippen LogP contribution in [0.4, 0.5) is 0 Å². The molecule has 0 spiro atoms. The van der Waals surface area contributed by atoms with E-state index < -0.39 is 13.2 Å². The van der Waals surface area contributed by atoms with Crippen LogP contribution < -0.4 is 0 Å². The summed E-state index contributed by atoms with van der Waals surface area (Å²) in [6.07, 6.45) is -2.67. The van der Waals surface area contributed by atoms with Crippen LogP contribution in [-0.2, 0) is 6.37 Å².